The van der Waals surface area contributed by atoms with Crippen molar-refractivity contribution in [1.29, 1.82) is 0 Å². The predicted molar refractivity (Wildman–Crippen MR) is 140 cm³/mol. The third-order valence-corrected chi connectivity index (χ3v) is 6.78. The Morgan fingerprint density at radius 3 is 2.55 bits per heavy atom. The lowest BCUT2D eigenvalue weighted by Crippen LogP contribution is -2.32. The Labute approximate surface area is 212 Å². The third-order valence-electron chi connectivity index (χ3n) is 5.07. The van der Waals surface area contributed by atoms with Gasteiger partial charge in [0.15, 0.2) is 11.5 Å². The van der Waals surface area contributed by atoms with Gasteiger partial charge in [-0.05, 0) is 95.1 Å². The number of thioether (sulfide) groups is 1. The van der Waals surface area contributed by atoms with Crippen molar-refractivity contribution in [2.75, 3.05) is 26.9 Å². The van der Waals surface area contributed by atoms with Crippen molar-refractivity contribution in [3.8, 4) is 17.2 Å². The molecule has 0 radical (unpaired) electrons. The van der Waals surface area contributed by atoms with Crippen molar-refractivity contribution in [3.05, 3.63) is 55.5 Å². The van der Waals surface area contributed by atoms with Gasteiger partial charge in [0.25, 0.3) is 11.1 Å². The monoisotopic (exact) mass is 581 g/mol. The topological polar surface area (TPSA) is 65.1 Å². The number of carbonyl (C=O) groups excluding carboxylic acids is 2. The maximum Gasteiger partial charge on any atom is 0.293 e. The summed E-state index contributed by atoms with van der Waals surface area (Å²) in [5, 5.41) is -0.295. The van der Waals surface area contributed by atoms with Crippen LogP contribution in [0.15, 0.2) is 35.2 Å². The molecule has 1 heterocycles. The van der Waals surface area contributed by atoms with Crippen LogP contribution in [0.5, 0.6) is 17.2 Å². The highest BCUT2D eigenvalue weighted by Crippen LogP contribution is 2.37. The van der Waals surface area contributed by atoms with Gasteiger partial charge in [0.05, 0.1) is 28.7 Å². The minimum absolute atomic E-state index is 0.192. The lowest BCUT2D eigenvalue weighted by Gasteiger charge is -2.17. The molecule has 1 fully saturated rings. The summed E-state index contributed by atoms with van der Waals surface area (Å²) in [5.41, 5.74) is 2.98. The summed E-state index contributed by atoms with van der Waals surface area (Å²) in [5.74, 6) is 2.05. The average Bonchev–Trinajstić information content (AvgIpc) is 3.01. The van der Waals surface area contributed by atoms with Gasteiger partial charge in [-0.3, -0.25) is 14.5 Å². The number of rotatable bonds is 9. The molecule has 0 aliphatic carbocycles. The number of imide groups is 1. The van der Waals surface area contributed by atoms with E-state index in [1.807, 2.05) is 32.0 Å². The molecule has 0 bridgehead atoms. The first-order chi connectivity index (χ1) is 15.7. The molecule has 0 aromatic heterocycles. The van der Waals surface area contributed by atoms with Crippen LogP contribution in [-0.2, 0) is 4.79 Å². The van der Waals surface area contributed by atoms with E-state index < -0.39 is 0 Å². The highest BCUT2D eigenvalue weighted by Gasteiger charge is 2.35. The smallest absolute Gasteiger partial charge is 0.293 e. The van der Waals surface area contributed by atoms with Crippen LogP contribution in [0.2, 0.25) is 0 Å². The van der Waals surface area contributed by atoms with E-state index in [2.05, 4.69) is 48.6 Å². The summed E-state index contributed by atoms with van der Waals surface area (Å²) in [6.45, 7) is 9.04. The second kappa shape index (κ2) is 11.3. The van der Waals surface area contributed by atoms with Gasteiger partial charge in [0.2, 0.25) is 0 Å². The van der Waals surface area contributed by atoms with Crippen LogP contribution in [0, 0.1) is 10.5 Å². The van der Waals surface area contributed by atoms with Gasteiger partial charge in [0.1, 0.15) is 12.4 Å². The Morgan fingerprint density at radius 1 is 1.12 bits per heavy atom. The number of aryl methyl sites for hydroxylation is 1. The summed E-state index contributed by atoms with van der Waals surface area (Å²) in [7, 11) is 1.59. The zero-order valence-corrected chi connectivity index (χ0v) is 22.4. The van der Waals surface area contributed by atoms with Crippen molar-refractivity contribution in [3.63, 3.8) is 0 Å². The van der Waals surface area contributed by atoms with Crippen molar-refractivity contribution in [1.82, 2.24) is 4.90 Å². The molecule has 3 rings (SSSR count). The van der Waals surface area contributed by atoms with Crippen molar-refractivity contribution < 1.29 is 23.8 Å². The van der Waals surface area contributed by atoms with E-state index in [9.17, 15) is 9.59 Å². The maximum atomic E-state index is 12.9. The van der Waals surface area contributed by atoms with E-state index in [0.717, 1.165) is 37.8 Å². The van der Waals surface area contributed by atoms with Crippen molar-refractivity contribution in [2.45, 2.75) is 33.6 Å². The largest absolute Gasteiger partial charge is 0.492 e. The van der Waals surface area contributed by atoms with Crippen LogP contribution in [0.4, 0.5) is 4.79 Å². The zero-order chi connectivity index (χ0) is 24.1. The van der Waals surface area contributed by atoms with Crippen LogP contribution >= 0.6 is 34.4 Å². The number of hydrogen-bond acceptors (Lipinski definition) is 6. The number of methoxy groups -OCH3 is 1. The molecule has 1 aliphatic heterocycles. The molecule has 2 aromatic rings. The normalized spacial score (nSPS) is 15.0. The number of halogens is 1. The van der Waals surface area contributed by atoms with Gasteiger partial charge in [0, 0.05) is 0 Å². The number of nitrogens with zero attached hydrogens (tertiary/aromatic N) is 1. The third kappa shape index (κ3) is 6.03. The lowest BCUT2D eigenvalue weighted by atomic mass is 10.0. The number of hydrogen-bond donors (Lipinski definition) is 0. The molecule has 8 heteroatoms. The lowest BCUT2D eigenvalue weighted by molar-refractivity contribution is -0.123. The van der Waals surface area contributed by atoms with E-state index in [1.54, 1.807) is 13.2 Å². The first-order valence-corrected chi connectivity index (χ1v) is 12.6. The molecule has 0 spiro atoms. The second-order valence-electron chi connectivity index (χ2n) is 7.84. The molecule has 0 unspecified atom stereocenters. The van der Waals surface area contributed by atoms with Crippen LogP contribution in [-0.4, -0.2) is 42.9 Å². The zero-order valence-electron chi connectivity index (χ0n) is 19.4. The highest BCUT2D eigenvalue weighted by molar-refractivity contribution is 14.1. The van der Waals surface area contributed by atoms with Crippen LogP contribution in [0.1, 0.15) is 43.4 Å². The number of ether oxygens (including phenoxy) is 3. The Balaban J connectivity index is 1.73. The molecule has 2 aromatic carbocycles. The first-order valence-electron chi connectivity index (χ1n) is 10.7. The fourth-order valence-electron chi connectivity index (χ4n) is 3.47. The molecular weight excluding hydrogens is 553 g/mol. The number of benzene rings is 2. The first kappa shape index (κ1) is 25.4. The van der Waals surface area contributed by atoms with Crippen LogP contribution < -0.4 is 14.2 Å². The Bertz CT molecular complexity index is 1080. The molecule has 2 amide bonds. The Hall–Kier alpha value is -2.20. The molecule has 0 saturated carbocycles. The Morgan fingerprint density at radius 2 is 1.88 bits per heavy atom. The minimum Gasteiger partial charge on any atom is -0.492 e. The molecular formula is C25H28INO5S. The summed E-state index contributed by atoms with van der Waals surface area (Å²) >= 11 is 3.10. The van der Waals surface area contributed by atoms with E-state index >= 15 is 0 Å². The van der Waals surface area contributed by atoms with E-state index in [-0.39, 0.29) is 24.3 Å². The predicted octanol–water partition coefficient (Wildman–Crippen LogP) is 6.25. The van der Waals surface area contributed by atoms with Gasteiger partial charge in [-0.25, -0.2) is 0 Å². The minimum atomic E-state index is -0.314. The van der Waals surface area contributed by atoms with Crippen LogP contribution in [0.3, 0.4) is 0 Å². The van der Waals surface area contributed by atoms with Crippen LogP contribution in [0.25, 0.3) is 6.08 Å². The SMILES string of the molecule is CCOc1cc(/C=C2\SC(=O)N(CCOc3cc(C)ccc3C(C)C)C2=O)cc(I)c1OC. The van der Waals surface area contributed by atoms with Gasteiger partial charge < -0.3 is 14.2 Å². The van der Waals surface area contributed by atoms with Gasteiger partial charge >= 0.3 is 0 Å². The van der Waals surface area contributed by atoms with Gasteiger partial charge in [-0.15, -0.1) is 0 Å². The van der Waals surface area contributed by atoms with Crippen molar-refractivity contribution in [2.24, 2.45) is 0 Å². The molecule has 1 aliphatic rings. The quantitative estimate of drug-likeness (QED) is 0.258. The maximum absolute atomic E-state index is 12.9. The Kier molecular flexibility index (Phi) is 8.69. The molecule has 0 N–H and O–H groups in total. The van der Waals surface area contributed by atoms with Gasteiger partial charge in [-0.1, -0.05) is 26.0 Å². The summed E-state index contributed by atoms with van der Waals surface area (Å²) in [6, 6.07) is 9.81. The molecule has 6 nitrogen and oxygen atoms in total. The summed E-state index contributed by atoms with van der Waals surface area (Å²) in [6.07, 6.45) is 1.72. The number of carbonyl (C=O) groups is 2. The highest BCUT2D eigenvalue weighted by atomic mass is 127. The fourth-order valence-corrected chi connectivity index (χ4v) is 5.18. The molecule has 0 atom stereocenters. The van der Waals surface area contributed by atoms with Crippen molar-refractivity contribution >= 4 is 51.6 Å². The molecule has 176 valence electrons. The average molecular weight is 581 g/mol. The van der Waals surface area contributed by atoms with Gasteiger partial charge in [-0.2, -0.15) is 0 Å². The summed E-state index contributed by atoms with van der Waals surface area (Å²) < 4.78 is 17.9. The van der Waals surface area contributed by atoms with E-state index in [1.165, 1.54) is 4.90 Å². The molecule has 33 heavy (non-hydrogen) atoms. The molecule has 1 saturated heterocycles. The standard InChI is InChI=1S/C25H28INO5S/c1-6-31-21-13-17(12-19(26)23(21)30-5)14-22-24(28)27(25(29)33-22)9-10-32-20-11-16(4)7-8-18(20)15(2)3/h7-8,11-15H,6,9-10H2,1-5H3/b22-14-. The van der Waals surface area contributed by atoms with E-state index in [0.29, 0.717) is 28.9 Å². The second-order valence-corrected chi connectivity index (χ2v) is 10.0. The number of amides is 2. The summed E-state index contributed by atoms with van der Waals surface area (Å²) in [4.78, 5) is 27.0. The van der Waals surface area contributed by atoms with E-state index in [4.69, 9.17) is 14.2 Å². The fraction of sp³-hybridized carbons (Fsp3) is 0.360.